The van der Waals surface area contributed by atoms with Gasteiger partial charge in [0, 0.05) is 31.4 Å². The Morgan fingerprint density at radius 1 is 1.52 bits per heavy atom. The van der Waals surface area contributed by atoms with Crippen LogP contribution >= 0.6 is 11.3 Å². The number of morpholine rings is 1. The molecule has 2 N–H and O–H groups in total. The molecule has 2 atom stereocenters. The van der Waals surface area contributed by atoms with Gasteiger partial charge in [0.1, 0.15) is 11.3 Å². The van der Waals surface area contributed by atoms with Gasteiger partial charge in [-0.2, -0.15) is 0 Å². The van der Waals surface area contributed by atoms with Crippen molar-refractivity contribution < 1.29 is 9.53 Å². The normalized spacial score (nSPS) is 19.4. The molecule has 1 fully saturated rings. The molecule has 0 radical (unpaired) electrons. The second-order valence-corrected chi connectivity index (χ2v) is 6.86. The molecular weight excluding hydrogens is 340 g/mol. The summed E-state index contributed by atoms with van der Waals surface area (Å²) >= 11 is 1.27. The van der Waals surface area contributed by atoms with Crippen molar-refractivity contribution in [2.75, 3.05) is 36.9 Å². The topological polar surface area (TPSA) is 92.3 Å². The van der Waals surface area contributed by atoms with Crippen LogP contribution in [-0.2, 0) is 4.74 Å². The molecule has 9 heteroatoms. The number of amides is 1. The molecule has 2 aromatic rings. The number of carbonyl (C=O) groups excluding carboxylic acids is 1. The van der Waals surface area contributed by atoms with Gasteiger partial charge in [0.2, 0.25) is 5.13 Å². The number of rotatable bonds is 6. The van der Waals surface area contributed by atoms with E-state index in [4.69, 9.17) is 4.74 Å². The minimum Gasteiger partial charge on any atom is -0.379 e. The molecule has 1 aliphatic rings. The van der Waals surface area contributed by atoms with Crippen LogP contribution in [0.15, 0.2) is 23.8 Å². The molecule has 25 heavy (non-hydrogen) atoms. The van der Waals surface area contributed by atoms with Gasteiger partial charge in [0.15, 0.2) is 0 Å². The summed E-state index contributed by atoms with van der Waals surface area (Å²) in [6, 6.07) is 4.35. The van der Waals surface area contributed by atoms with Crippen molar-refractivity contribution in [3.63, 3.8) is 0 Å². The van der Waals surface area contributed by atoms with Crippen LogP contribution in [0.1, 0.15) is 24.2 Å². The van der Waals surface area contributed by atoms with Gasteiger partial charge in [-0.15, -0.1) is 10.2 Å². The van der Waals surface area contributed by atoms with Crippen LogP contribution in [0.4, 0.5) is 10.9 Å². The molecule has 1 amide bonds. The number of carbonyl (C=O) groups is 1. The lowest BCUT2D eigenvalue weighted by Gasteiger charge is -2.37. The Kier molecular flexibility index (Phi) is 5.90. The molecule has 0 aliphatic carbocycles. The zero-order valence-corrected chi connectivity index (χ0v) is 15.1. The summed E-state index contributed by atoms with van der Waals surface area (Å²) in [7, 11) is 0. The number of hydrogen-bond acceptors (Lipinski definition) is 8. The highest BCUT2D eigenvalue weighted by atomic mass is 32.1. The number of pyridine rings is 1. The number of anilines is 2. The SMILES string of the molecule is CC(CNc1ccc(C(=O)Nc2nncs2)cn1)N1CCOCC1C. The molecule has 2 unspecified atom stereocenters. The molecule has 8 nitrogen and oxygen atoms in total. The minimum atomic E-state index is -0.244. The van der Waals surface area contributed by atoms with Gasteiger partial charge >= 0.3 is 0 Å². The Morgan fingerprint density at radius 2 is 2.40 bits per heavy atom. The van der Waals surface area contributed by atoms with Gasteiger partial charge in [-0.25, -0.2) is 4.98 Å². The van der Waals surface area contributed by atoms with E-state index in [9.17, 15) is 4.79 Å². The molecule has 0 spiro atoms. The Balaban J connectivity index is 1.51. The van der Waals surface area contributed by atoms with Gasteiger partial charge in [0.05, 0.1) is 18.8 Å². The van der Waals surface area contributed by atoms with Gasteiger partial charge < -0.3 is 10.1 Å². The first-order chi connectivity index (χ1) is 12.1. The number of ether oxygens (including phenoxy) is 1. The van der Waals surface area contributed by atoms with E-state index in [2.05, 4.69) is 44.6 Å². The first-order valence-corrected chi connectivity index (χ1v) is 9.12. The van der Waals surface area contributed by atoms with Gasteiger partial charge in [-0.05, 0) is 26.0 Å². The monoisotopic (exact) mass is 362 g/mol. The molecule has 134 valence electrons. The highest BCUT2D eigenvalue weighted by Gasteiger charge is 2.23. The summed E-state index contributed by atoms with van der Waals surface area (Å²) in [4.78, 5) is 18.8. The lowest BCUT2D eigenvalue weighted by molar-refractivity contribution is -0.0159. The summed E-state index contributed by atoms with van der Waals surface area (Å²) in [5, 5.41) is 14.0. The predicted octanol–water partition coefficient (Wildman–Crippen LogP) is 1.71. The smallest absolute Gasteiger partial charge is 0.259 e. The second-order valence-electron chi connectivity index (χ2n) is 6.02. The van der Waals surface area contributed by atoms with Crippen LogP contribution in [0.2, 0.25) is 0 Å². The first kappa shape index (κ1) is 17.7. The maximum atomic E-state index is 12.1. The van der Waals surface area contributed by atoms with Crippen LogP contribution < -0.4 is 10.6 Å². The highest BCUT2D eigenvalue weighted by molar-refractivity contribution is 7.13. The molecule has 3 rings (SSSR count). The van der Waals surface area contributed by atoms with E-state index >= 15 is 0 Å². The quantitative estimate of drug-likeness (QED) is 0.808. The minimum absolute atomic E-state index is 0.244. The van der Waals surface area contributed by atoms with E-state index < -0.39 is 0 Å². The number of nitrogens with zero attached hydrogens (tertiary/aromatic N) is 4. The molecule has 2 aromatic heterocycles. The Labute approximate surface area is 150 Å². The van der Waals surface area contributed by atoms with E-state index in [0.717, 1.165) is 32.1 Å². The first-order valence-electron chi connectivity index (χ1n) is 8.24. The van der Waals surface area contributed by atoms with Gasteiger partial charge in [0.25, 0.3) is 5.91 Å². The van der Waals surface area contributed by atoms with Crippen molar-refractivity contribution >= 4 is 28.2 Å². The third kappa shape index (κ3) is 4.71. The van der Waals surface area contributed by atoms with Gasteiger partial charge in [-0.1, -0.05) is 11.3 Å². The Bertz CT molecular complexity index is 678. The van der Waals surface area contributed by atoms with Crippen molar-refractivity contribution in [1.82, 2.24) is 20.1 Å². The van der Waals surface area contributed by atoms with Crippen molar-refractivity contribution in [2.45, 2.75) is 25.9 Å². The summed E-state index contributed by atoms with van der Waals surface area (Å²) < 4.78 is 5.48. The zero-order chi connectivity index (χ0) is 17.6. The summed E-state index contributed by atoms with van der Waals surface area (Å²) in [5.41, 5.74) is 2.05. The van der Waals surface area contributed by atoms with E-state index in [1.807, 2.05) is 6.07 Å². The van der Waals surface area contributed by atoms with Crippen molar-refractivity contribution in [2.24, 2.45) is 0 Å². The third-order valence-corrected chi connectivity index (χ3v) is 4.78. The largest absolute Gasteiger partial charge is 0.379 e. The highest BCUT2D eigenvalue weighted by Crippen LogP contribution is 2.13. The fourth-order valence-corrected chi connectivity index (χ4v) is 3.23. The Hall–Kier alpha value is -2.10. The van der Waals surface area contributed by atoms with E-state index in [0.29, 0.717) is 22.8 Å². The standard InChI is InChI=1S/C16H22N6O2S/c1-11(22-5-6-24-9-12(22)2)7-17-14-4-3-13(8-18-14)15(23)20-16-21-19-10-25-16/h3-4,8,10-12H,5-7,9H2,1-2H3,(H,17,18)(H,20,21,23). The summed E-state index contributed by atoms with van der Waals surface area (Å²) in [6.45, 7) is 7.67. The number of nitrogens with one attached hydrogen (secondary N) is 2. The zero-order valence-electron chi connectivity index (χ0n) is 14.3. The molecular formula is C16H22N6O2S. The fourth-order valence-electron chi connectivity index (χ4n) is 2.79. The van der Waals surface area contributed by atoms with Gasteiger partial charge in [-0.3, -0.25) is 15.0 Å². The van der Waals surface area contributed by atoms with Crippen LogP contribution in [0.3, 0.4) is 0 Å². The van der Waals surface area contributed by atoms with E-state index in [-0.39, 0.29) is 5.91 Å². The molecule has 0 bridgehead atoms. The molecule has 1 saturated heterocycles. The van der Waals surface area contributed by atoms with Crippen LogP contribution in [0.25, 0.3) is 0 Å². The maximum Gasteiger partial charge on any atom is 0.259 e. The van der Waals surface area contributed by atoms with Crippen LogP contribution in [0.5, 0.6) is 0 Å². The average molecular weight is 362 g/mol. The van der Waals surface area contributed by atoms with Crippen LogP contribution in [-0.4, -0.2) is 64.4 Å². The lowest BCUT2D eigenvalue weighted by atomic mass is 10.2. The van der Waals surface area contributed by atoms with Crippen molar-refractivity contribution in [1.29, 1.82) is 0 Å². The predicted molar refractivity (Wildman–Crippen MR) is 97.0 cm³/mol. The third-order valence-electron chi connectivity index (χ3n) is 4.17. The van der Waals surface area contributed by atoms with Crippen molar-refractivity contribution in [3.05, 3.63) is 29.4 Å². The second kappa shape index (κ2) is 8.32. The molecule has 3 heterocycles. The summed E-state index contributed by atoms with van der Waals surface area (Å²) in [6.07, 6.45) is 1.56. The number of hydrogen-bond donors (Lipinski definition) is 2. The Morgan fingerprint density at radius 3 is 3.08 bits per heavy atom. The molecule has 0 aromatic carbocycles. The molecule has 0 saturated carbocycles. The fraction of sp³-hybridized carbons (Fsp3) is 0.500. The lowest BCUT2D eigenvalue weighted by Crippen LogP contribution is -2.50. The van der Waals surface area contributed by atoms with E-state index in [1.165, 1.54) is 11.3 Å². The molecule has 1 aliphatic heterocycles. The van der Waals surface area contributed by atoms with Crippen LogP contribution in [0, 0.1) is 0 Å². The maximum absolute atomic E-state index is 12.1. The van der Waals surface area contributed by atoms with E-state index in [1.54, 1.807) is 17.8 Å². The van der Waals surface area contributed by atoms with Crippen molar-refractivity contribution in [3.8, 4) is 0 Å². The number of aromatic nitrogens is 3. The summed E-state index contributed by atoms with van der Waals surface area (Å²) in [5.74, 6) is 0.506. The average Bonchev–Trinajstić information content (AvgIpc) is 3.13.